The zero-order valence-corrected chi connectivity index (χ0v) is 12.5. The highest BCUT2D eigenvalue weighted by Crippen LogP contribution is 2.24. The van der Waals surface area contributed by atoms with Crippen LogP contribution in [0.2, 0.25) is 0 Å². The van der Waals surface area contributed by atoms with Crippen molar-refractivity contribution >= 4 is 0 Å². The zero-order valence-electron chi connectivity index (χ0n) is 12.5. The Labute approximate surface area is 129 Å². The molecule has 0 atom stereocenters. The van der Waals surface area contributed by atoms with Crippen molar-refractivity contribution in [3.8, 4) is 17.0 Å². The van der Waals surface area contributed by atoms with Crippen LogP contribution in [0.5, 0.6) is 5.75 Å². The fraction of sp³-hybridized carbons (Fsp3) is 0.250. The first-order valence-corrected chi connectivity index (χ1v) is 7.21. The van der Waals surface area contributed by atoms with Crippen molar-refractivity contribution in [2.75, 3.05) is 13.7 Å². The first kappa shape index (κ1) is 14.3. The molecule has 114 valence electrons. The fourth-order valence-electron chi connectivity index (χ4n) is 2.32. The molecule has 0 aliphatic carbocycles. The van der Waals surface area contributed by atoms with Crippen LogP contribution in [0.4, 0.5) is 0 Å². The van der Waals surface area contributed by atoms with Gasteiger partial charge in [-0.15, -0.1) is 0 Å². The van der Waals surface area contributed by atoms with Gasteiger partial charge in [0.1, 0.15) is 5.75 Å². The lowest BCUT2D eigenvalue weighted by molar-refractivity contribution is 0.415. The molecule has 0 aliphatic rings. The molecule has 6 nitrogen and oxygen atoms in total. The van der Waals surface area contributed by atoms with Gasteiger partial charge in [0.2, 0.25) is 0 Å². The minimum absolute atomic E-state index is 0.754. The van der Waals surface area contributed by atoms with Crippen molar-refractivity contribution in [2.45, 2.75) is 13.1 Å². The third kappa shape index (κ3) is 3.35. The molecule has 3 aromatic rings. The maximum atomic E-state index is 5.27. The topological polar surface area (TPSA) is 67.8 Å². The van der Waals surface area contributed by atoms with Gasteiger partial charge in [-0.3, -0.25) is 9.78 Å². The molecule has 0 aliphatic heterocycles. The Morgan fingerprint density at radius 2 is 2.27 bits per heavy atom. The summed E-state index contributed by atoms with van der Waals surface area (Å²) in [7, 11) is 1.67. The number of hydrogen-bond acceptors (Lipinski definition) is 4. The molecule has 22 heavy (non-hydrogen) atoms. The van der Waals surface area contributed by atoms with Crippen LogP contribution in [0.25, 0.3) is 11.3 Å². The molecule has 0 bridgehead atoms. The summed E-state index contributed by atoms with van der Waals surface area (Å²) in [6.45, 7) is 2.45. The third-order valence-corrected chi connectivity index (χ3v) is 3.47. The Kier molecular flexibility index (Phi) is 4.50. The van der Waals surface area contributed by atoms with Gasteiger partial charge in [0.05, 0.1) is 25.5 Å². The average Bonchev–Trinajstić information content (AvgIpc) is 3.23. The number of ether oxygens (including phenoxy) is 1. The Bertz CT molecular complexity index is 705. The van der Waals surface area contributed by atoms with Gasteiger partial charge in [0.25, 0.3) is 0 Å². The van der Waals surface area contributed by atoms with Crippen LogP contribution in [0.3, 0.4) is 0 Å². The summed E-state index contributed by atoms with van der Waals surface area (Å²) in [5.41, 5.74) is 3.22. The monoisotopic (exact) mass is 297 g/mol. The summed E-state index contributed by atoms with van der Waals surface area (Å²) < 4.78 is 7.18. The molecular weight excluding hydrogens is 278 g/mol. The van der Waals surface area contributed by atoms with E-state index in [-0.39, 0.29) is 0 Å². The second-order valence-electron chi connectivity index (χ2n) is 4.95. The van der Waals surface area contributed by atoms with Crippen LogP contribution in [0, 0.1) is 0 Å². The molecule has 0 spiro atoms. The summed E-state index contributed by atoms with van der Waals surface area (Å²) in [5.74, 6) is 0.838. The lowest BCUT2D eigenvalue weighted by Gasteiger charge is -2.07. The number of methoxy groups -OCH3 is 1. The first-order chi connectivity index (χ1) is 10.9. The lowest BCUT2D eigenvalue weighted by atomic mass is 10.1. The standard InChI is InChI=1S/C16H19N5O/c1-22-15-5-2-4-13(10-15)16-14(12-18-20-16)11-17-7-9-21-8-3-6-19-21/h2-6,8,10,12,17H,7,9,11H2,1H3,(H,18,20). The number of hydrogen-bond donors (Lipinski definition) is 2. The maximum Gasteiger partial charge on any atom is 0.119 e. The van der Waals surface area contributed by atoms with Crippen molar-refractivity contribution < 1.29 is 4.74 Å². The molecule has 1 aromatic carbocycles. The van der Waals surface area contributed by atoms with Crippen molar-refractivity contribution in [2.24, 2.45) is 0 Å². The number of rotatable bonds is 7. The average molecular weight is 297 g/mol. The quantitative estimate of drug-likeness (QED) is 0.655. The van der Waals surface area contributed by atoms with Crippen LogP contribution in [0.1, 0.15) is 5.56 Å². The predicted molar refractivity (Wildman–Crippen MR) is 84.5 cm³/mol. The van der Waals surface area contributed by atoms with Crippen LogP contribution < -0.4 is 10.1 Å². The van der Waals surface area contributed by atoms with Gasteiger partial charge in [-0.1, -0.05) is 12.1 Å². The van der Waals surface area contributed by atoms with Gasteiger partial charge in [-0.05, 0) is 18.2 Å². The Hall–Kier alpha value is -2.60. The van der Waals surface area contributed by atoms with Crippen molar-refractivity contribution in [3.05, 3.63) is 54.5 Å². The van der Waals surface area contributed by atoms with Crippen LogP contribution in [-0.2, 0) is 13.1 Å². The molecule has 0 radical (unpaired) electrons. The number of aromatic amines is 1. The molecule has 0 unspecified atom stereocenters. The minimum Gasteiger partial charge on any atom is -0.497 e. The van der Waals surface area contributed by atoms with Crippen molar-refractivity contribution in [1.82, 2.24) is 25.3 Å². The SMILES string of the molecule is COc1cccc(-c2[nH]ncc2CNCCn2cccn2)c1. The fourth-order valence-corrected chi connectivity index (χ4v) is 2.32. The van der Waals surface area contributed by atoms with E-state index in [0.717, 1.165) is 42.2 Å². The third-order valence-electron chi connectivity index (χ3n) is 3.47. The summed E-state index contributed by atoms with van der Waals surface area (Å²) in [5, 5.41) is 14.8. The molecule has 0 fully saturated rings. The molecule has 3 rings (SSSR count). The van der Waals surface area contributed by atoms with Gasteiger partial charge in [-0.25, -0.2) is 0 Å². The number of nitrogens with zero attached hydrogens (tertiary/aromatic N) is 3. The minimum atomic E-state index is 0.754. The Morgan fingerprint density at radius 3 is 3.09 bits per heavy atom. The Balaban J connectivity index is 1.62. The van der Waals surface area contributed by atoms with Crippen LogP contribution >= 0.6 is 0 Å². The summed E-state index contributed by atoms with van der Waals surface area (Å²) in [6.07, 6.45) is 5.61. The van der Waals surface area contributed by atoms with E-state index >= 15 is 0 Å². The molecule has 2 N–H and O–H groups in total. The van der Waals surface area contributed by atoms with Gasteiger partial charge in [0, 0.05) is 36.6 Å². The molecule has 2 aromatic heterocycles. The smallest absolute Gasteiger partial charge is 0.119 e. The van der Waals surface area contributed by atoms with E-state index in [0.29, 0.717) is 0 Å². The molecule has 6 heteroatoms. The van der Waals surface area contributed by atoms with Gasteiger partial charge in [-0.2, -0.15) is 10.2 Å². The van der Waals surface area contributed by atoms with Crippen LogP contribution in [-0.4, -0.2) is 33.6 Å². The molecular formula is C16H19N5O. The van der Waals surface area contributed by atoms with E-state index in [1.54, 1.807) is 13.3 Å². The van der Waals surface area contributed by atoms with E-state index in [9.17, 15) is 0 Å². The molecule has 0 amide bonds. The highest BCUT2D eigenvalue weighted by molar-refractivity contribution is 5.64. The van der Waals surface area contributed by atoms with E-state index in [2.05, 4.69) is 20.6 Å². The predicted octanol–water partition coefficient (Wildman–Crippen LogP) is 2.07. The lowest BCUT2D eigenvalue weighted by Crippen LogP contribution is -2.19. The number of H-pyrrole nitrogens is 1. The maximum absolute atomic E-state index is 5.27. The highest BCUT2D eigenvalue weighted by Gasteiger charge is 2.08. The van der Waals surface area contributed by atoms with Gasteiger partial charge in [0.15, 0.2) is 0 Å². The highest BCUT2D eigenvalue weighted by atomic mass is 16.5. The van der Waals surface area contributed by atoms with E-state index in [1.807, 2.05) is 47.4 Å². The largest absolute Gasteiger partial charge is 0.497 e. The van der Waals surface area contributed by atoms with Crippen LogP contribution in [0.15, 0.2) is 48.9 Å². The molecule has 0 saturated heterocycles. The zero-order chi connectivity index (χ0) is 15.2. The first-order valence-electron chi connectivity index (χ1n) is 7.21. The second kappa shape index (κ2) is 6.91. The van der Waals surface area contributed by atoms with Gasteiger partial charge < -0.3 is 10.1 Å². The summed E-state index contributed by atoms with van der Waals surface area (Å²) in [6, 6.07) is 9.88. The van der Waals surface area contributed by atoms with Gasteiger partial charge >= 0.3 is 0 Å². The van der Waals surface area contributed by atoms with Crippen molar-refractivity contribution in [3.63, 3.8) is 0 Å². The number of aromatic nitrogens is 4. The Morgan fingerprint density at radius 1 is 1.32 bits per heavy atom. The summed E-state index contributed by atoms with van der Waals surface area (Å²) >= 11 is 0. The normalized spacial score (nSPS) is 10.8. The number of benzene rings is 1. The summed E-state index contributed by atoms with van der Waals surface area (Å²) in [4.78, 5) is 0. The molecule has 2 heterocycles. The van der Waals surface area contributed by atoms with E-state index in [1.165, 1.54) is 0 Å². The van der Waals surface area contributed by atoms with E-state index < -0.39 is 0 Å². The van der Waals surface area contributed by atoms with E-state index in [4.69, 9.17) is 4.74 Å². The second-order valence-corrected chi connectivity index (χ2v) is 4.95. The molecule has 0 saturated carbocycles. The number of nitrogens with one attached hydrogen (secondary N) is 2. The van der Waals surface area contributed by atoms with Crippen molar-refractivity contribution in [1.29, 1.82) is 0 Å².